The van der Waals surface area contributed by atoms with Gasteiger partial charge >= 0.3 is 5.97 Å². The van der Waals surface area contributed by atoms with Crippen LogP contribution >= 0.6 is 11.6 Å². The second-order valence-electron chi connectivity index (χ2n) is 7.11. The number of aliphatic carboxylic acids is 1. The third-order valence-electron chi connectivity index (χ3n) is 5.42. The lowest BCUT2D eigenvalue weighted by atomic mass is 9.90. The zero-order valence-electron chi connectivity index (χ0n) is 15.5. The molecule has 0 amide bonds. The minimum absolute atomic E-state index is 0.157. The Kier molecular flexibility index (Phi) is 5.00. The Morgan fingerprint density at radius 3 is 2.79 bits per heavy atom. The molecule has 0 saturated carbocycles. The van der Waals surface area contributed by atoms with E-state index in [0.717, 1.165) is 31.5 Å². The first-order valence-electron chi connectivity index (χ1n) is 9.26. The summed E-state index contributed by atoms with van der Waals surface area (Å²) in [5, 5.41) is 14.1. The fourth-order valence-corrected chi connectivity index (χ4v) is 4.34. The van der Waals surface area contributed by atoms with Gasteiger partial charge in [0.1, 0.15) is 6.54 Å². The SMILES string of the molecule is COc1c(Cl)ccc2c(=O)c3ccc(C4CCCNC4)cc3n(CC(=O)O)c12. The van der Waals surface area contributed by atoms with Crippen molar-refractivity contribution in [2.75, 3.05) is 20.2 Å². The zero-order chi connectivity index (χ0) is 19.8. The van der Waals surface area contributed by atoms with Crippen LogP contribution in [0, 0.1) is 0 Å². The Labute approximate surface area is 166 Å². The fourth-order valence-electron chi connectivity index (χ4n) is 4.11. The number of pyridine rings is 1. The molecule has 1 aliphatic heterocycles. The molecule has 0 bridgehead atoms. The molecule has 2 aromatic carbocycles. The number of hydrogen-bond acceptors (Lipinski definition) is 4. The lowest BCUT2D eigenvalue weighted by molar-refractivity contribution is -0.137. The summed E-state index contributed by atoms with van der Waals surface area (Å²) in [5.41, 5.74) is 1.94. The van der Waals surface area contributed by atoms with Crippen molar-refractivity contribution in [1.82, 2.24) is 9.88 Å². The highest BCUT2D eigenvalue weighted by Crippen LogP contribution is 2.35. The summed E-state index contributed by atoms with van der Waals surface area (Å²) in [5.74, 6) is -0.356. The van der Waals surface area contributed by atoms with Crippen molar-refractivity contribution in [1.29, 1.82) is 0 Å². The highest BCUT2D eigenvalue weighted by Gasteiger charge is 2.21. The molecule has 1 fully saturated rings. The van der Waals surface area contributed by atoms with Crippen LogP contribution in [0.3, 0.4) is 0 Å². The zero-order valence-corrected chi connectivity index (χ0v) is 16.3. The quantitative estimate of drug-likeness (QED) is 0.656. The number of carboxylic acid groups (broad SMARTS) is 1. The van der Waals surface area contributed by atoms with Crippen LogP contribution in [0.15, 0.2) is 35.1 Å². The minimum Gasteiger partial charge on any atom is -0.493 e. The van der Waals surface area contributed by atoms with Crippen molar-refractivity contribution in [3.05, 3.63) is 51.1 Å². The minimum atomic E-state index is -1.00. The number of piperidine rings is 1. The van der Waals surface area contributed by atoms with E-state index in [-0.39, 0.29) is 12.0 Å². The molecule has 1 unspecified atom stereocenters. The van der Waals surface area contributed by atoms with Gasteiger partial charge in [-0.1, -0.05) is 17.7 Å². The summed E-state index contributed by atoms with van der Waals surface area (Å²) in [4.78, 5) is 24.8. The van der Waals surface area contributed by atoms with Crippen LogP contribution in [0.25, 0.3) is 21.8 Å². The van der Waals surface area contributed by atoms with Gasteiger partial charge in [0, 0.05) is 11.9 Å². The average molecular weight is 401 g/mol. The summed E-state index contributed by atoms with van der Waals surface area (Å²) in [6.45, 7) is 1.59. The Morgan fingerprint density at radius 1 is 1.32 bits per heavy atom. The summed E-state index contributed by atoms with van der Waals surface area (Å²) < 4.78 is 7.06. The molecule has 2 N–H and O–H groups in total. The number of aromatic nitrogens is 1. The maximum Gasteiger partial charge on any atom is 0.323 e. The first kappa shape index (κ1) is 18.8. The van der Waals surface area contributed by atoms with Gasteiger partial charge in [-0.25, -0.2) is 0 Å². The highest BCUT2D eigenvalue weighted by atomic mass is 35.5. The predicted molar refractivity (Wildman–Crippen MR) is 110 cm³/mol. The third-order valence-corrected chi connectivity index (χ3v) is 5.72. The van der Waals surface area contributed by atoms with Gasteiger partial charge in [0.05, 0.1) is 28.6 Å². The molecule has 3 aromatic rings. The van der Waals surface area contributed by atoms with Crippen LogP contribution in [0.1, 0.15) is 24.3 Å². The first-order valence-corrected chi connectivity index (χ1v) is 9.64. The van der Waals surface area contributed by atoms with Crippen LogP contribution < -0.4 is 15.5 Å². The Hall–Kier alpha value is -2.57. The van der Waals surface area contributed by atoms with E-state index in [4.69, 9.17) is 16.3 Å². The maximum absolute atomic E-state index is 13.1. The maximum atomic E-state index is 13.1. The highest BCUT2D eigenvalue weighted by molar-refractivity contribution is 6.33. The van der Waals surface area contributed by atoms with Gasteiger partial charge in [0.25, 0.3) is 0 Å². The molecule has 2 heterocycles. The normalized spacial score (nSPS) is 17.1. The molecular weight excluding hydrogens is 380 g/mol. The van der Waals surface area contributed by atoms with E-state index in [1.165, 1.54) is 7.11 Å². The molecule has 146 valence electrons. The van der Waals surface area contributed by atoms with Crippen molar-refractivity contribution in [3.8, 4) is 5.75 Å². The van der Waals surface area contributed by atoms with Crippen molar-refractivity contribution in [2.45, 2.75) is 25.3 Å². The number of rotatable bonds is 4. The summed E-state index contributed by atoms with van der Waals surface area (Å²) in [6.07, 6.45) is 2.15. The van der Waals surface area contributed by atoms with E-state index in [2.05, 4.69) is 5.32 Å². The van der Waals surface area contributed by atoms with Crippen molar-refractivity contribution < 1.29 is 14.6 Å². The molecule has 28 heavy (non-hydrogen) atoms. The van der Waals surface area contributed by atoms with Gasteiger partial charge in [-0.3, -0.25) is 9.59 Å². The first-order chi connectivity index (χ1) is 13.5. The number of carbonyl (C=O) groups is 1. The predicted octanol–water partition coefficient (Wildman–Crippen LogP) is 3.37. The van der Waals surface area contributed by atoms with Crippen LogP contribution in [0.5, 0.6) is 5.75 Å². The number of nitrogens with zero attached hydrogens (tertiary/aromatic N) is 1. The fraction of sp³-hybridized carbons (Fsp3) is 0.333. The monoisotopic (exact) mass is 400 g/mol. The van der Waals surface area contributed by atoms with Crippen LogP contribution in [-0.4, -0.2) is 35.8 Å². The lowest BCUT2D eigenvalue weighted by Gasteiger charge is -2.24. The van der Waals surface area contributed by atoms with Gasteiger partial charge in [-0.15, -0.1) is 0 Å². The second-order valence-corrected chi connectivity index (χ2v) is 7.51. The largest absolute Gasteiger partial charge is 0.493 e. The van der Waals surface area contributed by atoms with E-state index < -0.39 is 5.97 Å². The van der Waals surface area contributed by atoms with Crippen LogP contribution in [-0.2, 0) is 11.3 Å². The van der Waals surface area contributed by atoms with Crippen molar-refractivity contribution in [3.63, 3.8) is 0 Å². The number of carboxylic acids is 1. The molecule has 0 spiro atoms. The standard InChI is InChI=1S/C21H21ClN2O4/c1-28-21-16(22)7-6-15-19(21)24(11-18(25)26)17-9-12(4-5-14(17)20(15)27)13-3-2-8-23-10-13/h4-7,9,13,23H,2-3,8,10-11H2,1H3,(H,25,26). The van der Waals surface area contributed by atoms with Gasteiger partial charge in [0.2, 0.25) is 0 Å². The number of fused-ring (bicyclic) bond motifs is 2. The Bertz CT molecular complexity index is 1130. The summed E-state index contributed by atoms with van der Waals surface area (Å²) in [6, 6.07) is 8.95. The lowest BCUT2D eigenvalue weighted by Crippen LogP contribution is -2.28. The molecular formula is C21H21ClN2O4. The molecule has 7 heteroatoms. The Morgan fingerprint density at radius 2 is 2.11 bits per heavy atom. The summed E-state index contributed by atoms with van der Waals surface area (Å²) >= 11 is 6.27. The third kappa shape index (κ3) is 3.12. The van der Waals surface area contributed by atoms with Gasteiger partial charge in [-0.05, 0) is 55.1 Å². The number of benzene rings is 2. The molecule has 1 saturated heterocycles. The number of methoxy groups -OCH3 is 1. The smallest absolute Gasteiger partial charge is 0.323 e. The van der Waals surface area contributed by atoms with Crippen molar-refractivity contribution in [2.24, 2.45) is 0 Å². The molecule has 1 aliphatic rings. The van der Waals surface area contributed by atoms with E-state index in [1.54, 1.807) is 22.8 Å². The summed E-state index contributed by atoms with van der Waals surface area (Å²) in [7, 11) is 1.46. The van der Waals surface area contributed by atoms with Gasteiger partial charge in [0.15, 0.2) is 11.2 Å². The number of halogens is 1. The van der Waals surface area contributed by atoms with E-state index in [1.807, 2.05) is 12.1 Å². The molecule has 1 aromatic heterocycles. The van der Waals surface area contributed by atoms with E-state index in [0.29, 0.717) is 38.5 Å². The topological polar surface area (TPSA) is 80.6 Å². The number of hydrogen-bond donors (Lipinski definition) is 2. The Balaban J connectivity index is 2.08. The van der Waals surface area contributed by atoms with Gasteiger partial charge in [-0.2, -0.15) is 0 Å². The molecule has 0 aliphatic carbocycles. The molecule has 0 radical (unpaired) electrons. The molecule has 1 atom stereocenters. The number of ether oxygens (including phenoxy) is 1. The molecule has 4 rings (SSSR count). The van der Waals surface area contributed by atoms with Crippen LogP contribution in [0.4, 0.5) is 0 Å². The molecule has 6 nitrogen and oxygen atoms in total. The van der Waals surface area contributed by atoms with E-state index in [9.17, 15) is 14.7 Å². The van der Waals surface area contributed by atoms with Crippen LogP contribution in [0.2, 0.25) is 5.02 Å². The average Bonchev–Trinajstić information content (AvgIpc) is 2.71. The second kappa shape index (κ2) is 7.45. The van der Waals surface area contributed by atoms with E-state index >= 15 is 0 Å². The number of nitrogens with one attached hydrogen (secondary N) is 1. The van der Waals surface area contributed by atoms with Gasteiger partial charge < -0.3 is 19.7 Å². The van der Waals surface area contributed by atoms with Crippen molar-refractivity contribution >= 4 is 39.4 Å².